The van der Waals surface area contributed by atoms with Crippen LogP contribution < -0.4 is 0 Å². The Kier molecular flexibility index (Phi) is 3.93. The van der Waals surface area contributed by atoms with Gasteiger partial charge in [-0.15, -0.1) is 3.89 Å². The third-order valence-corrected chi connectivity index (χ3v) is 4.16. The Morgan fingerprint density at radius 2 is 2.00 bits per heavy atom. The van der Waals surface area contributed by atoms with Gasteiger partial charge in [-0.2, -0.15) is 8.42 Å². The molecule has 0 aromatic carbocycles. The Hall–Kier alpha value is -0.120. The topological polar surface area (TPSA) is 34.1 Å². The summed E-state index contributed by atoms with van der Waals surface area (Å²) in [6.07, 6.45) is 3.96. The molecular weight excluding hydrogens is 203 g/mol. The van der Waals surface area contributed by atoms with Gasteiger partial charge in [0.15, 0.2) is 0 Å². The lowest BCUT2D eigenvalue weighted by Gasteiger charge is -2.27. The lowest BCUT2D eigenvalue weighted by atomic mass is 9.83. The molecule has 2 atom stereocenters. The predicted octanol–water partition coefficient (Wildman–Crippen LogP) is 2.89. The third kappa shape index (κ3) is 3.56. The molecule has 0 N–H and O–H groups in total. The second-order valence-electron chi connectivity index (χ2n) is 4.76. The first-order valence-electron chi connectivity index (χ1n) is 5.33. The highest BCUT2D eigenvalue weighted by Crippen LogP contribution is 2.33. The molecule has 0 radical (unpaired) electrons. The first-order chi connectivity index (χ1) is 6.39. The molecule has 0 amide bonds. The summed E-state index contributed by atoms with van der Waals surface area (Å²) >= 11 is 0. The summed E-state index contributed by atoms with van der Waals surface area (Å²) in [6.45, 7) is 4.24. The van der Waals surface area contributed by atoms with Crippen molar-refractivity contribution in [3.05, 3.63) is 0 Å². The molecule has 0 aromatic rings. The molecule has 1 aliphatic carbocycles. The van der Waals surface area contributed by atoms with Crippen molar-refractivity contribution in [3.63, 3.8) is 0 Å². The second kappa shape index (κ2) is 4.60. The Bertz CT molecular complexity index is 272. The average molecular weight is 222 g/mol. The van der Waals surface area contributed by atoms with Gasteiger partial charge in [0.05, 0.1) is 5.25 Å². The molecule has 0 bridgehead atoms. The zero-order valence-electron chi connectivity index (χ0n) is 8.87. The van der Waals surface area contributed by atoms with Gasteiger partial charge in [-0.05, 0) is 31.1 Å². The molecule has 1 saturated carbocycles. The van der Waals surface area contributed by atoms with Crippen molar-refractivity contribution in [2.24, 2.45) is 11.8 Å². The van der Waals surface area contributed by atoms with E-state index in [4.69, 9.17) is 0 Å². The van der Waals surface area contributed by atoms with E-state index in [0.717, 1.165) is 19.3 Å². The van der Waals surface area contributed by atoms with Gasteiger partial charge in [0.1, 0.15) is 0 Å². The van der Waals surface area contributed by atoms with E-state index in [1.54, 1.807) is 0 Å². The number of rotatable bonds is 3. The van der Waals surface area contributed by atoms with Crippen LogP contribution in [0.4, 0.5) is 3.89 Å². The van der Waals surface area contributed by atoms with Crippen molar-refractivity contribution in [3.8, 4) is 0 Å². The first-order valence-corrected chi connectivity index (χ1v) is 6.77. The molecule has 0 heterocycles. The van der Waals surface area contributed by atoms with Crippen LogP contribution in [0.3, 0.4) is 0 Å². The lowest BCUT2D eigenvalue weighted by Crippen LogP contribution is -2.26. The van der Waals surface area contributed by atoms with Crippen molar-refractivity contribution < 1.29 is 12.3 Å². The molecule has 4 heteroatoms. The Morgan fingerprint density at radius 1 is 1.36 bits per heavy atom. The maximum Gasteiger partial charge on any atom is 0.305 e. The van der Waals surface area contributed by atoms with Crippen molar-refractivity contribution in [1.29, 1.82) is 0 Å². The molecule has 0 aliphatic heterocycles. The van der Waals surface area contributed by atoms with E-state index in [1.165, 1.54) is 0 Å². The van der Waals surface area contributed by atoms with Gasteiger partial charge in [-0.1, -0.05) is 26.7 Å². The number of halogens is 1. The largest absolute Gasteiger partial charge is 0.305 e. The summed E-state index contributed by atoms with van der Waals surface area (Å²) in [5, 5.41) is -0.722. The molecule has 0 spiro atoms. The monoisotopic (exact) mass is 222 g/mol. The minimum atomic E-state index is -4.29. The van der Waals surface area contributed by atoms with E-state index in [0.29, 0.717) is 24.7 Å². The van der Waals surface area contributed by atoms with Crippen LogP contribution in [0.1, 0.15) is 46.0 Å². The van der Waals surface area contributed by atoms with E-state index >= 15 is 0 Å². The fraction of sp³-hybridized carbons (Fsp3) is 1.00. The highest BCUT2D eigenvalue weighted by Gasteiger charge is 2.31. The van der Waals surface area contributed by atoms with E-state index in [1.807, 2.05) is 0 Å². The highest BCUT2D eigenvalue weighted by atomic mass is 32.3. The smallest absolute Gasteiger partial charge is 0.195 e. The summed E-state index contributed by atoms with van der Waals surface area (Å²) in [4.78, 5) is 0. The van der Waals surface area contributed by atoms with Crippen molar-refractivity contribution in [1.82, 2.24) is 0 Å². The lowest BCUT2D eigenvalue weighted by molar-refractivity contribution is 0.302. The van der Waals surface area contributed by atoms with Crippen LogP contribution in [-0.2, 0) is 10.2 Å². The van der Waals surface area contributed by atoms with Crippen molar-refractivity contribution in [2.45, 2.75) is 51.2 Å². The molecule has 1 rings (SSSR count). The molecule has 1 aliphatic rings. The fourth-order valence-electron chi connectivity index (χ4n) is 2.38. The molecule has 0 aromatic heterocycles. The Balaban J connectivity index is 2.52. The van der Waals surface area contributed by atoms with Gasteiger partial charge in [0, 0.05) is 0 Å². The fourth-order valence-corrected chi connectivity index (χ4v) is 3.33. The SMILES string of the molecule is CC(C)CC1CCCC(S(=O)(=O)F)C1. The zero-order valence-corrected chi connectivity index (χ0v) is 9.69. The second-order valence-corrected chi connectivity index (χ2v) is 6.38. The standard InChI is InChI=1S/C10H19FO2S/c1-8(2)6-9-4-3-5-10(7-9)14(11,12)13/h8-10H,3-7H2,1-2H3. The van der Waals surface area contributed by atoms with E-state index < -0.39 is 15.5 Å². The van der Waals surface area contributed by atoms with Gasteiger partial charge < -0.3 is 0 Å². The summed E-state index contributed by atoms with van der Waals surface area (Å²) in [7, 11) is -4.29. The minimum Gasteiger partial charge on any atom is -0.195 e. The molecule has 2 nitrogen and oxygen atoms in total. The summed E-state index contributed by atoms with van der Waals surface area (Å²) in [6, 6.07) is 0. The van der Waals surface area contributed by atoms with Crippen molar-refractivity contribution in [2.75, 3.05) is 0 Å². The summed E-state index contributed by atoms with van der Waals surface area (Å²) < 4.78 is 34.3. The normalized spacial score (nSPS) is 29.4. The molecule has 1 fully saturated rings. The number of hydrogen-bond acceptors (Lipinski definition) is 2. The van der Waals surface area contributed by atoms with Crippen LogP contribution in [0.25, 0.3) is 0 Å². The average Bonchev–Trinajstić information content (AvgIpc) is 2.01. The van der Waals surface area contributed by atoms with E-state index in [2.05, 4.69) is 13.8 Å². The van der Waals surface area contributed by atoms with Crippen LogP contribution in [0.15, 0.2) is 0 Å². The Labute approximate surface area is 86.1 Å². The predicted molar refractivity (Wildman–Crippen MR) is 55.2 cm³/mol. The zero-order chi connectivity index (χ0) is 10.8. The van der Waals surface area contributed by atoms with Gasteiger partial charge in [0.25, 0.3) is 0 Å². The molecule has 2 unspecified atom stereocenters. The van der Waals surface area contributed by atoms with Gasteiger partial charge in [-0.25, -0.2) is 0 Å². The molecule has 84 valence electrons. The van der Waals surface area contributed by atoms with E-state index in [9.17, 15) is 12.3 Å². The molecular formula is C10H19FO2S. The van der Waals surface area contributed by atoms with Crippen LogP contribution in [0.2, 0.25) is 0 Å². The molecule has 0 saturated heterocycles. The summed E-state index contributed by atoms with van der Waals surface area (Å²) in [5.41, 5.74) is 0. The van der Waals surface area contributed by atoms with Crippen LogP contribution in [0.5, 0.6) is 0 Å². The van der Waals surface area contributed by atoms with Crippen LogP contribution in [0, 0.1) is 11.8 Å². The van der Waals surface area contributed by atoms with Gasteiger partial charge in [0.2, 0.25) is 0 Å². The Morgan fingerprint density at radius 3 is 2.50 bits per heavy atom. The third-order valence-electron chi connectivity index (χ3n) is 2.94. The van der Waals surface area contributed by atoms with Crippen LogP contribution in [-0.4, -0.2) is 13.7 Å². The minimum absolute atomic E-state index is 0.402. The van der Waals surface area contributed by atoms with Crippen molar-refractivity contribution >= 4 is 10.2 Å². The first kappa shape index (κ1) is 12.0. The quantitative estimate of drug-likeness (QED) is 0.688. The maximum absolute atomic E-state index is 12.8. The van der Waals surface area contributed by atoms with Gasteiger partial charge in [-0.3, -0.25) is 0 Å². The highest BCUT2D eigenvalue weighted by molar-refractivity contribution is 7.87. The molecule has 14 heavy (non-hydrogen) atoms. The van der Waals surface area contributed by atoms with Crippen LogP contribution >= 0.6 is 0 Å². The summed E-state index contributed by atoms with van der Waals surface area (Å²) in [5.74, 6) is 0.973. The van der Waals surface area contributed by atoms with Gasteiger partial charge >= 0.3 is 10.2 Å². The maximum atomic E-state index is 12.8. The number of hydrogen-bond donors (Lipinski definition) is 0. The van der Waals surface area contributed by atoms with E-state index in [-0.39, 0.29) is 0 Å².